The van der Waals surface area contributed by atoms with E-state index >= 15 is 0 Å². The summed E-state index contributed by atoms with van der Waals surface area (Å²) in [5.41, 5.74) is 1.63. The normalized spacial score (nSPS) is 10.5. The van der Waals surface area contributed by atoms with Gasteiger partial charge in [0.1, 0.15) is 12.4 Å². The van der Waals surface area contributed by atoms with E-state index in [1.807, 2.05) is 18.2 Å². The molecule has 0 unspecified atom stereocenters. The number of halogens is 3. The molecule has 0 aliphatic carbocycles. The van der Waals surface area contributed by atoms with Crippen molar-refractivity contribution in [2.45, 2.75) is 13.2 Å². The molecule has 2 rings (SSSR count). The van der Waals surface area contributed by atoms with E-state index in [1.165, 1.54) is 0 Å². The number of hydrogen-bond acceptors (Lipinski definition) is 2. The lowest BCUT2D eigenvalue weighted by molar-refractivity contribution is 0.281. The van der Waals surface area contributed by atoms with Gasteiger partial charge in [0.05, 0.1) is 11.6 Å². The van der Waals surface area contributed by atoms with Crippen molar-refractivity contribution in [3.63, 3.8) is 0 Å². The van der Waals surface area contributed by atoms with Crippen LogP contribution in [0.4, 0.5) is 0 Å². The van der Waals surface area contributed by atoms with Gasteiger partial charge in [-0.05, 0) is 29.8 Å². The third-order valence-electron chi connectivity index (χ3n) is 2.58. The fraction of sp³-hybridized carbons (Fsp3) is 0.143. The lowest BCUT2D eigenvalue weighted by Crippen LogP contribution is -1.97. The molecule has 2 nitrogen and oxygen atoms in total. The number of benzene rings is 2. The summed E-state index contributed by atoms with van der Waals surface area (Å²) in [7, 11) is 0. The lowest BCUT2D eigenvalue weighted by Gasteiger charge is -2.10. The smallest absolute Gasteiger partial charge is 0.138 e. The topological polar surface area (TPSA) is 29.5 Å². The van der Waals surface area contributed by atoms with Gasteiger partial charge in [0.15, 0.2) is 0 Å². The van der Waals surface area contributed by atoms with Gasteiger partial charge < -0.3 is 9.84 Å². The Balaban J connectivity index is 2.10. The molecular formula is C14H11BrCl2O2. The van der Waals surface area contributed by atoms with Crippen LogP contribution in [0.5, 0.6) is 5.75 Å². The number of aliphatic hydroxyl groups is 1. The summed E-state index contributed by atoms with van der Waals surface area (Å²) in [5.74, 6) is 0.567. The Morgan fingerprint density at radius 3 is 2.47 bits per heavy atom. The number of hydrogen-bond donors (Lipinski definition) is 1. The Labute approximate surface area is 130 Å². The third kappa shape index (κ3) is 3.86. The van der Waals surface area contributed by atoms with Crippen LogP contribution in [0.25, 0.3) is 0 Å². The van der Waals surface area contributed by atoms with Gasteiger partial charge in [-0.3, -0.25) is 0 Å². The Bertz CT molecular complexity index is 588. The first-order valence-electron chi connectivity index (χ1n) is 5.56. The van der Waals surface area contributed by atoms with Crippen molar-refractivity contribution in [1.82, 2.24) is 0 Å². The highest BCUT2D eigenvalue weighted by molar-refractivity contribution is 9.10. The highest BCUT2D eigenvalue weighted by Crippen LogP contribution is 2.28. The number of rotatable bonds is 4. The second-order valence-corrected chi connectivity index (χ2v) is 5.68. The summed E-state index contributed by atoms with van der Waals surface area (Å²) < 4.78 is 6.55. The largest absolute Gasteiger partial charge is 0.487 e. The van der Waals surface area contributed by atoms with Crippen molar-refractivity contribution >= 4 is 39.1 Å². The molecule has 1 N–H and O–H groups in total. The average Bonchev–Trinajstić information content (AvgIpc) is 2.39. The molecule has 0 saturated heterocycles. The van der Waals surface area contributed by atoms with Crippen LogP contribution in [-0.4, -0.2) is 5.11 Å². The molecule has 0 fully saturated rings. The molecule has 100 valence electrons. The molecule has 0 bridgehead atoms. The lowest BCUT2D eigenvalue weighted by atomic mass is 10.2. The van der Waals surface area contributed by atoms with Gasteiger partial charge in [0, 0.05) is 15.1 Å². The predicted molar refractivity (Wildman–Crippen MR) is 80.9 cm³/mol. The third-order valence-corrected chi connectivity index (χ3v) is 3.72. The molecule has 0 spiro atoms. The standard InChI is InChI=1S/C14H11BrCl2O2/c15-11-3-2-10(12(16)6-11)8-19-14-4-1-9(7-18)5-13(14)17/h1-6,18H,7-8H2. The maximum atomic E-state index is 9.00. The highest BCUT2D eigenvalue weighted by atomic mass is 79.9. The molecule has 19 heavy (non-hydrogen) atoms. The highest BCUT2D eigenvalue weighted by Gasteiger charge is 2.06. The van der Waals surface area contributed by atoms with Crippen LogP contribution < -0.4 is 4.74 Å². The van der Waals surface area contributed by atoms with Gasteiger partial charge in [-0.15, -0.1) is 0 Å². The van der Waals surface area contributed by atoms with Crippen LogP contribution in [0.1, 0.15) is 11.1 Å². The molecular weight excluding hydrogens is 351 g/mol. The fourth-order valence-corrected chi connectivity index (χ4v) is 2.54. The van der Waals surface area contributed by atoms with Crippen molar-refractivity contribution in [3.05, 3.63) is 62.0 Å². The van der Waals surface area contributed by atoms with Crippen molar-refractivity contribution in [3.8, 4) is 5.75 Å². The Hall–Kier alpha value is -0.740. The molecule has 0 saturated carbocycles. The minimum absolute atomic E-state index is 0.0431. The molecule has 0 heterocycles. The Kier molecular flexibility index (Phi) is 5.11. The van der Waals surface area contributed by atoms with Crippen molar-refractivity contribution in [2.75, 3.05) is 0 Å². The first-order chi connectivity index (χ1) is 9.10. The van der Waals surface area contributed by atoms with E-state index in [0.717, 1.165) is 15.6 Å². The van der Waals surface area contributed by atoms with E-state index in [4.69, 9.17) is 33.0 Å². The molecule has 0 aliphatic heterocycles. The second kappa shape index (κ2) is 6.62. The van der Waals surface area contributed by atoms with E-state index in [1.54, 1.807) is 18.2 Å². The minimum Gasteiger partial charge on any atom is -0.487 e. The molecule has 5 heteroatoms. The molecule has 0 radical (unpaired) electrons. The van der Waals surface area contributed by atoms with Crippen LogP contribution in [0.15, 0.2) is 40.9 Å². The zero-order valence-corrected chi connectivity index (χ0v) is 13.0. The summed E-state index contributed by atoms with van der Waals surface area (Å²) in [6.45, 7) is 0.294. The van der Waals surface area contributed by atoms with E-state index in [0.29, 0.717) is 22.4 Å². The van der Waals surface area contributed by atoms with Gasteiger partial charge in [0.25, 0.3) is 0 Å². The summed E-state index contributed by atoms with van der Waals surface area (Å²) in [5, 5.41) is 10.1. The van der Waals surface area contributed by atoms with Gasteiger partial charge in [-0.1, -0.05) is 51.3 Å². The second-order valence-electron chi connectivity index (χ2n) is 3.95. The summed E-state index contributed by atoms with van der Waals surface area (Å²) in [6, 6.07) is 10.8. The minimum atomic E-state index is -0.0431. The summed E-state index contributed by atoms with van der Waals surface area (Å²) in [6.07, 6.45) is 0. The molecule has 0 atom stereocenters. The summed E-state index contributed by atoms with van der Waals surface area (Å²) >= 11 is 15.5. The molecule has 0 aliphatic rings. The SMILES string of the molecule is OCc1ccc(OCc2ccc(Br)cc2Cl)c(Cl)c1. The van der Waals surface area contributed by atoms with Crippen LogP contribution in [0.3, 0.4) is 0 Å². The maximum absolute atomic E-state index is 9.00. The summed E-state index contributed by atoms with van der Waals surface area (Å²) in [4.78, 5) is 0. The number of ether oxygens (including phenoxy) is 1. The van der Waals surface area contributed by atoms with Crippen LogP contribution in [0, 0.1) is 0 Å². The van der Waals surface area contributed by atoms with Gasteiger partial charge in [-0.2, -0.15) is 0 Å². The monoisotopic (exact) mass is 360 g/mol. The molecule has 2 aromatic rings. The maximum Gasteiger partial charge on any atom is 0.138 e. The zero-order valence-electron chi connectivity index (χ0n) is 9.87. The van der Waals surface area contributed by atoms with Gasteiger partial charge >= 0.3 is 0 Å². The van der Waals surface area contributed by atoms with Crippen LogP contribution in [0.2, 0.25) is 10.0 Å². The number of aliphatic hydroxyl groups excluding tert-OH is 1. The first kappa shape index (κ1) is 14.7. The average molecular weight is 362 g/mol. The quantitative estimate of drug-likeness (QED) is 0.845. The first-order valence-corrected chi connectivity index (χ1v) is 7.11. The Morgan fingerprint density at radius 1 is 1.05 bits per heavy atom. The molecule has 0 amide bonds. The van der Waals surface area contributed by atoms with E-state index in [-0.39, 0.29) is 6.61 Å². The van der Waals surface area contributed by atoms with Crippen LogP contribution in [-0.2, 0) is 13.2 Å². The predicted octanol–water partition coefficient (Wildman–Crippen LogP) is 4.83. The van der Waals surface area contributed by atoms with E-state index in [9.17, 15) is 0 Å². The molecule has 0 aromatic heterocycles. The van der Waals surface area contributed by atoms with Crippen molar-refractivity contribution < 1.29 is 9.84 Å². The van der Waals surface area contributed by atoms with E-state index in [2.05, 4.69) is 15.9 Å². The molecule has 2 aromatic carbocycles. The van der Waals surface area contributed by atoms with E-state index < -0.39 is 0 Å². The van der Waals surface area contributed by atoms with Crippen molar-refractivity contribution in [1.29, 1.82) is 0 Å². The van der Waals surface area contributed by atoms with Gasteiger partial charge in [-0.25, -0.2) is 0 Å². The van der Waals surface area contributed by atoms with Crippen LogP contribution >= 0.6 is 39.1 Å². The van der Waals surface area contributed by atoms with Gasteiger partial charge in [0.2, 0.25) is 0 Å². The Morgan fingerprint density at radius 2 is 1.84 bits per heavy atom. The van der Waals surface area contributed by atoms with Crippen molar-refractivity contribution in [2.24, 2.45) is 0 Å². The zero-order chi connectivity index (χ0) is 13.8. The fourth-order valence-electron chi connectivity index (χ4n) is 1.55.